The zero-order valence-corrected chi connectivity index (χ0v) is 15.0. The topological polar surface area (TPSA) is 188 Å². The van der Waals surface area contributed by atoms with Crippen molar-refractivity contribution in [1.82, 2.24) is 0 Å². The molecule has 154 valence electrons. The number of rotatable bonds is 8. The summed E-state index contributed by atoms with van der Waals surface area (Å²) >= 11 is 0. The van der Waals surface area contributed by atoms with E-state index in [1.165, 1.54) is 18.2 Å². The zero-order chi connectivity index (χ0) is 21.1. The Hall–Kier alpha value is -2.76. The second kappa shape index (κ2) is 8.50. The van der Waals surface area contributed by atoms with Gasteiger partial charge in [-0.15, -0.1) is 0 Å². The highest BCUT2D eigenvalue weighted by Crippen LogP contribution is 2.31. The van der Waals surface area contributed by atoms with Crippen LogP contribution in [0.4, 0.5) is 0 Å². The van der Waals surface area contributed by atoms with Gasteiger partial charge in [0.05, 0.1) is 13.0 Å². The summed E-state index contributed by atoms with van der Waals surface area (Å²) in [5.74, 6) is -6.21. The standard InChI is InChI=1S/C17H22N2O9/c1-26-16(25)17(5-4-10(19)7-17)28-12(14(22)23)11(13(20)21)27-15(24)8-2-3-9(18)6-8/h2-5,8-12H,6-7,18-19H2,1H3,(H,20,21)(H,22,23)/t8-,9-,10-,11+,12+,17-/m0/s1. The molecule has 0 amide bonds. The molecule has 2 aliphatic carbocycles. The summed E-state index contributed by atoms with van der Waals surface area (Å²) in [7, 11) is 1.06. The van der Waals surface area contributed by atoms with Crippen LogP contribution in [0.15, 0.2) is 24.3 Å². The van der Waals surface area contributed by atoms with Crippen LogP contribution in [0.25, 0.3) is 0 Å². The molecule has 0 aromatic heterocycles. The van der Waals surface area contributed by atoms with E-state index in [9.17, 15) is 29.4 Å². The van der Waals surface area contributed by atoms with E-state index in [1.54, 1.807) is 6.08 Å². The molecule has 2 aliphatic rings. The van der Waals surface area contributed by atoms with Crippen LogP contribution in [-0.2, 0) is 33.4 Å². The number of nitrogens with two attached hydrogens (primary N) is 2. The monoisotopic (exact) mass is 398 g/mol. The fraction of sp³-hybridized carbons (Fsp3) is 0.529. The number of carboxylic acid groups (broad SMARTS) is 2. The van der Waals surface area contributed by atoms with Crippen LogP contribution in [0, 0.1) is 5.92 Å². The van der Waals surface area contributed by atoms with Gasteiger partial charge in [-0.25, -0.2) is 14.4 Å². The lowest BCUT2D eigenvalue weighted by Crippen LogP contribution is -2.53. The number of ether oxygens (including phenoxy) is 3. The van der Waals surface area contributed by atoms with E-state index < -0.39 is 53.6 Å². The number of carbonyl (C=O) groups is 4. The van der Waals surface area contributed by atoms with Gasteiger partial charge in [0, 0.05) is 18.5 Å². The molecule has 0 saturated heterocycles. The second-order valence-corrected chi connectivity index (χ2v) is 6.57. The second-order valence-electron chi connectivity index (χ2n) is 6.57. The molecule has 0 radical (unpaired) electrons. The molecule has 2 rings (SSSR count). The van der Waals surface area contributed by atoms with Crippen molar-refractivity contribution in [3.8, 4) is 0 Å². The Morgan fingerprint density at radius 1 is 1.04 bits per heavy atom. The lowest BCUT2D eigenvalue weighted by Gasteiger charge is -2.31. The molecule has 28 heavy (non-hydrogen) atoms. The molecular formula is C17H22N2O9. The first-order chi connectivity index (χ1) is 13.1. The Kier molecular flexibility index (Phi) is 6.54. The van der Waals surface area contributed by atoms with Crippen molar-refractivity contribution in [2.75, 3.05) is 7.11 Å². The number of hydrogen-bond acceptors (Lipinski definition) is 9. The van der Waals surface area contributed by atoms with E-state index >= 15 is 0 Å². The van der Waals surface area contributed by atoms with Crippen LogP contribution in [0.3, 0.4) is 0 Å². The summed E-state index contributed by atoms with van der Waals surface area (Å²) in [6, 6.07) is -1.02. The van der Waals surface area contributed by atoms with Gasteiger partial charge in [0.1, 0.15) is 0 Å². The van der Waals surface area contributed by atoms with Crippen molar-refractivity contribution in [3.63, 3.8) is 0 Å². The van der Waals surface area contributed by atoms with E-state index in [-0.39, 0.29) is 18.9 Å². The number of carboxylic acids is 2. The zero-order valence-electron chi connectivity index (χ0n) is 15.0. The first kappa shape index (κ1) is 21.5. The third kappa shape index (κ3) is 4.55. The van der Waals surface area contributed by atoms with Gasteiger partial charge in [0.15, 0.2) is 5.60 Å². The van der Waals surface area contributed by atoms with Crippen molar-refractivity contribution in [2.45, 2.75) is 42.7 Å². The van der Waals surface area contributed by atoms with Gasteiger partial charge in [0.2, 0.25) is 12.2 Å². The predicted molar refractivity (Wildman–Crippen MR) is 91.7 cm³/mol. The highest BCUT2D eigenvalue weighted by Gasteiger charge is 2.50. The van der Waals surface area contributed by atoms with Gasteiger partial charge in [-0.2, -0.15) is 0 Å². The van der Waals surface area contributed by atoms with E-state index in [2.05, 4.69) is 4.74 Å². The Morgan fingerprint density at radius 2 is 1.68 bits per heavy atom. The number of esters is 2. The summed E-state index contributed by atoms with van der Waals surface area (Å²) in [5, 5.41) is 18.9. The van der Waals surface area contributed by atoms with Crippen molar-refractivity contribution in [1.29, 1.82) is 0 Å². The molecule has 6 N–H and O–H groups in total. The SMILES string of the molecule is COC(=O)[C@]1(O[C@@H](C(=O)O)[C@@H](OC(=O)[C@H]2C=C[C@H](N)C2)C(=O)O)C=C[C@H](N)C1. The molecule has 0 aromatic carbocycles. The fourth-order valence-corrected chi connectivity index (χ4v) is 3.05. The largest absolute Gasteiger partial charge is 0.479 e. The smallest absolute Gasteiger partial charge is 0.348 e. The lowest BCUT2D eigenvalue weighted by atomic mass is 10.0. The van der Waals surface area contributed by atoms with Gasteiger partial charge in [-0.05, 0) is 12.5 Å². The third-order valence-electron chi connectivity index (χ3n) is 4.44. The molecule has 0 spiro atoms. The molecule has 0 saturated carbocycles. The number of aliphatic carboxylic acids is 2. The van der Waals surface area contributed by atoms with Crippen LogP contribution in [0.5, 0.6) is 0 Å². The van der Waals surface area contributed by atoms with Crippen molar-refractivity contribution < 1.29 is 43.6 Å². The molecule has 11 heteroatoms. The predicted octanol–water partition coefficient (Wildman–Crippen LogP) is -1.44. The van der Waals surface area contributed by atoms with Crippen LogP contribution in [0.1, 0.15) is 12.8 Å². The van der Waals surface area contributed by atoms with Crippen LogP contribution in [-0.4, -0.2) is 71.1 Å². The quantitative estimate of drug-likeness (QED) is 0.277. The van der Waals surface area contributed by atoms with Crippen LogP contribution < -0.4 is 11.5 Å². The third-order valence-corrected chi connectivity index (χ3v) is 4.44. The lowest BCUT2D eigenvalue weighted by molar-refractivity contribution is -0.200. The van der Waals surface area contributed by atoms with Crippen molar-refractivity contribution in [3.05, 3.63) is 24.3 Å². The molecule has 6 atom stereocenters. The summed E-state index contributed by atoms with van der Waals surface area (Å²) < 4.78 is 14.9. The maximum Gasteiger partial charge on any atom is 0.348 e. The van der Waals surface area contributed by atoms with Gasteiger partial charge < -0.3 is 35.9 Å². The van der Waals surface area contributed by atoms with E-state index in [0.717, 1.165) is 7.11 Å². The van der Waals surface area contributed by atoms with Gasteiger partial charge in [0.25, 0.3) is 0 Å². The Bertz CT molecular complexity index is 719. The molecule has 0 fully saturated rings. The van der Waals surface area contributed by atoms with E-state index in [0.29, 0.717) is 0 Å². The van der Waals surface area contributed by atoms with Crippen molar-refractivity contribution in [2.24, 2.45) is 17.4 Å². The summed E-state index contributed by atoms with van der Waals surface area (Å²) in [4.78, 5) is 47.7. The summed E-state index contributed by atoms with van der Waals surface area (Å²) in [6.45, 7) is 0. The molecule has 11 nitrogen and oxygen atoms in total. The minimum Gasteiger partial charge on any atom is -0.479 e. The Morgan fingerprint density at radius 3 is 2.11 bits per heavy atom. The van der Waals surface area contributed by atoms with Gasteiger partial charge in [-0.1, -0.05) is 18.2 Å². The van der Waals surface area contributed by atoms with Gasteiger partial charge >= 0.3 is 23.9 Å². The van der Waals surface area contributed by atoms with Crippen molar-refractivity contribution >= 4 is 23.9 Å². The van der Waals surface area contributed by atoms with Crippen LogP contribution in [0.2, 0.25) is 0 Å². The normalized spacial score (nSPS) is 30.6. The average Bonchev–Trinajstić information content (AvgIpc) is 3.23. The molecule has 0 unspecified atom stereocenters. The summed E-state index contributed by atoms with van der Waals surface area (Å²) in [6.07, 6.45) is 1.27. The van der Waals surface area contributed by atoms with Gasteiger partial charge in [-0.3, -0.25) is 4.79 Å². The molecule has 0 heterocycles. The highest BCUT2D eigenvalue weighted by atomic mass is 16.6. The van der Waals surface area contributed by atoms with E-state index in [1.807, 2.05) is 0 Å². The first-order valence-electron chi connectivity index (χ1n) is 8.41. The highest BCUT2D eigenvalue weighted by molar-refractivity contribution is 5.88. The fourth-order valence-electron chi connectivity index (χ4n) is 3.05. The number of hydrogen-bond donors (Lipinski definition) is 4. The maximum atomic E-state index is 12.2. The summed E-state index contributed by atoms with van der Waals surface area (Å²) in [5.41, 5.74) is 9.46. The first-order valence-corrected chi connectivity index (χ1v) is 8.41. The molecular weight excluding hydrogens is 376 g/mol. The van der Waals surface area contributed by atoms with Crippen LogP contribution >= 0.6 is 0 Å². The number of methoxy groups -OCH3 is 1. The Labute approximate surface area is 159 Å². The molecule has 0 aromatic rings. The Balaban J connectivity index is 2.25. The minimum atomic E-state index is -2.21. The maximum absolute atomic E-state index is 12.2. The minimum absolute atomic E-state index is 0.163. The average molecular weight is 398 g/mol. The molecule has 0 bridgehead atoms. The van der Waals surface area contributed by atoms with E-state index in [4.69, 9.17) is 20.9 Å². The number of carbonyl (C=O) groups excluding carboxylic acids is 2. The molecule has 0 aliphatic heterocycles.